The van der Waals surface area contributed by atoms with Crippen molar-refractivity contribution in [1.82, 2.24) is 9.62 Å². The molecule has 2 rings (SSSR count). The van der Waals surface area contributed by atoms with Crippen molar-refractivity contribution in [3.05, 3.63) is 23.8 Å². The molecule has 1 amide bonds. The molecule has 1 aromatic carbocycles. The maximum absolute atomic E-state index is 12.8. The Bertz CT molecular complexity index is 790. The van der Waals surface area contributed by atoms with Gasteiger partial charge in [-0.1, -0.05) is 0 Å². The van der Waals surface area contributed by atoms with Crippen molar-refractivity contribution >= 4 is 21.9 Å². The smallest absolute Gasteiger partial charge is 0.326 e. The Hall–Kier alpha value is -2.13. The molecule has 8 nitrogen and oxygen atoms in total. The van der Waals surface area contributed by atoms with Gasteiger partial charge < -0.3 is 14.7 Å². The highest BCUT2D eigenvalue weighted by molar-refractivity contribution is 7.89. The molecule has 0 aliphatic carbocycles. The summed E-state index contributed by atoms with van der Waals surface area (Å²) in [6.07, 6.45) is 1.84. The Morgan fingerprint density at radius 1 is 1.31 bits per heavy atom. The maximum Gasteiger partial charge on any atom is 0.326 e. The number of ether oxygens (including phenoxy) is 1. The SMILES string of the molecule is COc1ccc(C(=O)N2CCCCC2C(=O)O)cc1S(=O)(=O)NC(C)C. The van der Waals surface area contributed by atoms with E-state index in [0.29, 0.717) is 19.4 Å². The van der Waals surface area contributed by atoms with Gasteiger partial charge >= 0.3 is 5.97 Å². The zero-order chi connectivity index (χ0) is 19.5. The first-order valence-electron chi connectivity index (χ1n) is 8.41. The fourth-order valence-electron chi connectivity index (χ4n) is 2.99. The molecule has 0 aromatic heterocycles. The van der Waals surface area contributed by atoms with E-state index in [-0.39, 0.29) is 22.3 Å². The molecule has 1 aliphatic heterocycles. The Kier molecular flexibility index (Phi) is 6.25. The molecule has 1 atom stereocenters. The summed E-state index contributed by atoms with van der Waals surface area (Å²) >= 11 is 0. The van der Waals surface area contributed by atoms with E-state index in [1.807, 2.05) is 0 Å². The lowest BCUT2D eigenvalue weighted by atomic mass is 10.0. The van der Waals surface area contributed by atoms with Crippen LogP contribution < -0.4 is 9.46 Å². The van der Waals surface area contributed by atoms with Crippen LogP contribution in [0.1, 0.15) is 43.5 Å². The molecule has 26 heavy (non-hydrogen) atoms. The number of benzene rings is 1. The molecule has 2 N–H and O–H groups in total. The lowest BCUT2D eigenvalue weighted by Crippen LogP contribution is -2.48. The Morgan fingerprint density at radius 3 is 2.58 bits per heavy atom. The van der Waals surface area contributed by atoms with E-state index >= 15 is 0 Å². The first-order chi connectivity index (χ1) is 12.2. The molecule has 1 saturated heterocycles. The summed E-state index contributed by atoms with van der Waals surface area (Å²) in [5.74, 6) is -1.44. The molecule has 1 aromatic rings. The van der Waals surface area contributed by atoms with E-state index in [0.717, 1.165) is 6.42 Å². The van der Waals surface area contributed by atoms with Crippen LogP contribution in [0.2, 0.25) is 0 Å². The van der Waals surface area contributed by atoms with Crippen LogP contribution >= 0.6 is 0 Å². The normalized spacial score (nSPS) is 18.0. The van der Waals surface area contributed by atoms with Crippen LogP contribution in [-0.4, -0.2) is 56.0 Å². The number of hydrogen-bond acceptors (Lipinski definition) is 5. The van der Waals surface area contributed by atoms with Crippen molar-refractivity contribution in [1.29, 1.82) is 0 Å². The minimum Gasteiger partial charge on any atom is -0.495 e. The standard InChI is InChI=1S/C17H24N2O6S/c1-11(2)18-26(23,24)15-10-12(7-8-14(15)25-3)16(20)19-9-5-4-6-13(19)17(21)22/h7-8,10-11,13,18H,4-6,9H2,1-3H3,(H,21,22). The van der Waals surface area contributed by atoms with Gasteiger partial charge in [0.1, 0.15) is 16.7 Å². The van der Waals surface area contributed by atoms with Gasteiger partial charge in [0.2, 0.25) is 10.0 Å². The minimum absolute atomic E-state index is 0.114. The van der Waals surface area contributed by atoms with Crippen molar-refractivity contribution in [2.45, 2.75) is 50.1 Å². The average Bonchev–Trinajstić information content (AvgIpc) is 2.59. The molecule has 1 heterocycles. The van der Waals surface area contributed by atoms with Crippen LogP contribution in [0.15, 0.2) is 23.1 Å². The number of sulfonamides is 1. The topological polar surface area (TPSA) is 113 Å². The lowest BCUT2D eigenvalue weighted by Gasteiger charge is -2.33. The molecule has 1 fully saturated rings. The zero-order valence-electron chi connectivity index (χ0n) is 15.1. The number of likely N-dealkylation sites (tertiary alicyclic amines) is 1. The Morgan fingerprint density at radius 2 is 2.00 bits per heavy atom. The largest absolute Gasteiger partial charge is 0.495 e. The molecule has 0 radical (unpaired) electrons. The number of piperidine rings is 1. The molecule has 1 unspecified atom stereocenters. The van der Waals surface area contributed by atoms with Gasteiger partial charge in [-0.25, -0.2) is 17.9 Å². The molecule has 144 valence electrons. The number of nitrogens with zero attached hydrogens (tertiary/aromatic N) is 1. The van der Waals surface area contributed by atoms with E-state index in [4.69, 9.17) is 4.74 Å². The average molecular weight is 384 g/mol. The molecule has 0 bridgehead atoms. The lowest BCUT2D eigenvalue weighted by molar-refractivity contribution is -0.143. The van der Waals surface area contributed by atoms with E-state index < -0.39 is 27.9 Å². The predicted molar refractivity (Wildman–Crippen MR) is 94.8 cm³/mol. The molecular formula is C17H24N2O6S. The molecule has 0 saturated carbocycles. The third-order valence-corrected chi connectivity index (χ3v) is 5.82. The van der Waals surface area contributed by atoms with Crippen molar-refractivity contribution in [2.75, 3.05) is 13.7 Å². The Labute approximate surface area is 153 Å². The van der Waals surface area contributed by atoms with Gasteiger partial charge in [-0.15, -0.1) is 0 Å². The number of carbonyl (C=O) groups is 2. The molecule has 0 spiro atoms. The highest BCUT2D eigenvalue weighted by Crippen LogP contribution is 2.27. The number of rotatable bonds is 6. The van der Waals surface area contributed by atoms with E-state index in [9.17, 15) is 23.1 Å². The van der Waals surface area contributed by atoms with E-state index in [1.54, 1.807) is 13.8 Å². The second-order valence-electron chi connectivity index (χ2n) is 6.49. The monoisotopic (exact) mass is 384 g/mol. The number of carboxylic acids is 1. The second kappa shape index (κ2) is 8.05. The second-order valence-corrected chi connectivity index (χ2v) is 8.17. The Balaban J connectivity index is 2.42. The summed E-state index contributed by atoms with van der Waals surface area (Å²) in [5.41, 5.74) is 0.114. The first kappa shape index (κ1) is 20.2. The molecular weight excluding hydrogens is 360 g/mol. The summed E-state index contributed by atoms with van der Waals surface area (Å²) in [4.78, 5) is 25.4. The number of nitrogens with one attached hydrogen (secondary N) is 1. The third-order valence-electron chi connectivity index (χ3n) is 4.14. The van der Waals surface area contributed by atoms with Crippen LogP contribution in [-0.2, 0) is 14.8 Å². The minimum atomic E-state index is -3.88. The number of hydrogen-bond donors (Lipinski definition) is 2. The third kappa shape index (κ3) is 4.34. The van der Waals surface area contributed by atoms with Crippen LogP contribution in [0.5, 0.6) is 5.75 Å². The van der Waals surface area contributed by atoms with Crippen LogP contribution in [0.3, 0.4) is 0 Å². The fourth-order valence-corrected chi connectivity index (χ4v) is 4.44. The zero-order valence-corrected chi connectivity index (χ0v) is 15.9. The van der Waals surface area contributed by atoms with E-state index in [1.165, 1.54) is 30.2 Å². The highest BCUT2D eigenvalue weighted by Gasteiger charge is 2.33. The van der Waals surface area contributed by atoms with Crippen molar-refractivity contribution < 1.29 is 27.9 Å². The number of amides is 1. The van der Waals surface area contributed by atoms with E-state index in [2.05, 4.69) is 4.72 Å². The summed E-state index contributed by atoms with van der Waals surface area (Å²) in [6.45, 7) is 3.70. The van der Waals surface area contributed by atoms with Gasteiger partial charge in [-0.2, -0.15) is 0 Å². The summed E-state index contributed by atoms with van der Waals surface area (Å²) in [5, 5.41) is 9.35. The van der Waals surface area contributed by atoms with Crippen LogP contribution in [0.4, 0.5) is 0 Å². The van der Waals surface area contributed by atoms with Crippen molar-refractivity contribution in [3.8, 4) is 5.75 Å². The number of aliphatic carboxylic acids is 1. The number of carboxylic acid groups (broad SMARTS) is 1. The van der Waals surface area contributed by atoms with Crippen LogP contribution in [0.25, 0.3) is 0 Å². The number of methoxy groups -OCH3 is 1. The van der Waals surface area contributed by atoms with Gasteiger partial charge in [0, 0.05) is 18.2 Å². The molecule has 1 aliphatic rings. The van der Waals surface area contributed by atoms with Gasteiger partial charge in [-0.05, 0) is 51.3 Å². The first-order valence-corrected chi connectivity index (χ1v) is 9.90. The summed E-state index contributed by atoms with van der Waals surface area (Å²) in [7, 11) is -2.54. The maximum atomic E-state index is 12.8. The van der Waals surface area contributed by atoms with Crippen molar-refractivity contribution in [2.24, 2.45) is 0 Å². The van der Waals surface area contributed by atoms with Gasteiger partial charge in [0.15, 0.2) is 0 Å². The quantitative estimate of drug-likeness (QED) is 0.768. The predicted octanol–water partition coefficient (Wildman–Crippen LogP) is 1.46. The summed E-state index contributed by atoms with van der Waals surface area (Å²) < 4.78 is 32.6. The number of carbonyl (C=O) groups excluding carboxylic acids is 1. The van der Waals surface area contributed by atoms with Gasteiger partial charge in [0.25, 0.3) is 5.91 Å². The summed E-state index contributed by atoms with van der Waals surface area (Å²) in [6, 6.07) is 2.86. The highest BCUT2D eigenvalue weighted by atomic mass is 32.2. The van der Waals surface area contributed by atoms with Crippen molar-refractivity contribution in [3.63, 3.8) is 0 Å². The van der Waals surface area contributed by atoms with Crippen LogP contribution in [0, 0.1) is 0 Å². The fraction of sp³-hybridized carbons (Fsp3) is 0.529. The van der Waals surface area contributed by atoms with Gasteiger partial charge in [-0.3, -0.25) is 4.79 Å². The van der Waals surface area contributed by atoms with Gasteiger partial charge in [0.05, 0.1) is 7.11 Å². The molecule has 9 heteroatoms.